The highest BCUT2D eigenvalue weighted by atomic mass is 16.5. The van der Waals surface area contributed by atoms with E-state index in [4.69, 9.17) is 4.74 Å². The molecule has 1 atom stereocenters. The van der Waals surface area contributed by atoms with E-state index in [0.717, 1.165) is 6.42 Å². The summed E-state index contributed by atoms with van der Waals surface area (Å²) in [6.45, 7) is 9.34. The van der Waals surface area contributed by atoms with Crippen molar-refractivity contribution in [2.24, 2.45) is 0 Å². The van der Waals surface area contributed by atoms with Gasteiger partial charge in [-0.05, 0) is 34.1 Å². The number of amides is 2. The van der Waals surface area contributed by atoms with Crippen LogP contribution in [0.3, 0.4) is 0 Å². The number of hydrogen-bond acceptors (Lipinski definition) is 3. The molecule has 1 fully saturated rings. The Labute approximate surface area is 109 Å². The van der Waals surface area contributed by atoms with Crippen molar-refractivity contribution in [1.82, 2.24) is 10.2 Å². The first kappa shape index (κ1) is 15.0. The van der Waals surface area contributed by atoms with Gasteiger partial charge in [0.05, 0.1) is 0 Å². The first-order valence-electron chi connectivity index (χ1n) is 6.58. The molecule has 0 aromatic rings. The normalized spacial score (nSPS) is 23.8. The third-order valence-electron chi connectivity index (χ3n) is 3.15. The minimum absolute atomic E-state index is 0.0163. The van der Waals surface area contributed by atoms with E-state index in [1.807, 2.05) is 13.8 Å². The van der Waals surface area contributed by atoms with Gasteiger partial charge in [-0.2, -0.15) is 0 Å². The molecule has 5 nitrogen and oxygen atoms in total. The molecule has 104 valence electrons. The third kappa shape index (κ3) is 3.70. The Morgan fingerprint density at radius 1 is 1.44 bits per heavy atom. The van der Waals surface area contributed by atoms with Crippen LogP contribution in [0.25, 0.3) is 0 Å². The van der Waals surface area contributed by atoms with Gasteiger partial charge in [0.2, 0.25) is 11.8 Å². The Balaban J connectivity index is 2.67. The van der Waals surface area contributed by atoms with E-state index in [-0.39, 0.29) is 17.9 Å². The zero-order valence-corrected chi connectivity index (χ0v) is 11.8. The van der Waals surface area contributed by atoms with Crippen molar-refractivity contribution < 1.29 is 14.3 Å². The van der Waals surface area contributed by atoms with Crippen molar-refractivity contribution in [3.8, 4) is 0 Å². The van der Waals surface area contributed by atoms with Gasteiger partial charge in [0.1, 0.15) is 5.54 Å². The second-order valence-electron chi connectivity index (χ2n) is 5.28. The lowest BCUT2D eigenvalue weighted by Gasteiger charge is -2.32. The van der Waals surface area contributed by atoms with E-state index in [0.29, 0.717) is 26.2 Å². The summed E-state index contributed by atoms with van der Waals surface area (Å²) in [7, 11) is 0. The van der Waals surface area contributed by atoms with E-state index >= 15 is 0 Å². The van der Waals surface area contributed by atoms with Crippen LogP contribution in [0.4, 0.5) is 0 Å². The number of carbonyl (C=O) groups is 2. The second kappa shape index (κ2) is 6.18. The highest BCUT2D eigenvalue weighted by Gasteiger charge is 2.39. The van der Waals surface area contributed by atoms with Crippen molar-refractivity contribution in [1.29, 1.82) is 0 Å². The summed E-state index contributed by atoms with van der Waals surface area (Å²) in [5, 5.41) is 2.77. The molecule has 0 radical (unpaired) electrons. The monoisotopic (exact) mass is 256 g/mol. The molecule has 0 bridgehead atoms. The fourth-order valence-electron chi connectivity index (χ4n) is 2.19. The van der Waals surface area contributed by atoms with Gasteiger partial charge in [0, 0.05) is 32.2 Å². The first-order valence-corrected chi connectivity index (χ1v) is 6.58. The zero-order valence-electron chi connectivity index (χ0n) is 11.8. The summed E-state index contributed by atoms with van der Waals surface area (Å²) in [6, 6.07) is -0.0547. The molecule has 0 spiro atoms. The van der Waals surface area contributed by atoms with E-state index < -0.39 is 5.54 Å². The predicted octanol–water partition coefficient (Wildman–Crippen LogP) is 0.929. The summed E-state index contributed by atoms with van der Waals surface area (Å²) in [5.41, 5.74) is -0.812. The SMILES string of the molecule is CCOCCCN1C(=O)C(C)(C)NC(=O)CC1C. The summed E-state index contributed by atoms with van der Waals surface area (Å²) in [6.07, 6.45) is 1.16. The fourth-order valence-corrected chi connectivity index (χ4v) is 2.19. The van der Waals surface area contributed by atoms with Gasteiger partial charge >= 0.3 is 0 Å². The number of nitrogens with zero attached hydrogens (tertiary/aromatic N) is 1. The summed E-state index contributed by atoms with van der Waals surface area (Å²) < 4.78 is 5.28. The number of ether oxygens (including phenoxy) is 1. The van der Waals surface area contributed by atoms with Crippen molar-refractivity contribution in [3.05, 3.63) is 0 Å². The molecule has 1 unspecified atom stereocenters. The number of carbonyl (C=O) groups excluding carboxylic acids is 2. The van der Waals surface area contributed by atoms with Gasteiger partial charge in [-0.1, -0.05) is 0 Å². The van der Waals surface area contributed by atoms with Crippen molar-refractivity contribution >= 4 is 11.8 Å². The minimum Gasteiger partial charge on any atom is -0.382 e. The quantitative estimate of drug-likeness (QED) is 0.744. The lowest BCUT2D eigenvalue weighted by atomic mass is 10.0. The van der Waals surface area contributed by atoms with Gasteiger partial charge in [0.15, 0.2) is 0 Å². The van der Waals surface area contributed by atoms with Crippen molar-refractivity contribution in [2.45, 2.75) is 52.1 Å². The highest BCUT2D eigenvalue weighted by Crippen LogP contribution is 2.18. The molecular formula is C13H24N2O3. The molecule has 1 saturated heterocycles. The average molecular weight is 256 g/mol. The number of rotatable bonds is 5. The fraction of sp³-hybridized carbons (Fsp3) is 0.846. The van der Waals surface area contributed by atoms with Crippen LogP contribution in [0.1, 0.15) is 40.5 Å². The van der Waals surface area contributed by atoms with Gasteiger partial charge in [-0.15, -0.1) is 0 Å². The minimum atomic E-state index is -0.812. The van der Waals surface area contributed by atoms with Crippen LogP contribution in [0.2, 0.25) is 0 Å². The van der Waals surface area contributed by atoms with Gasteiger partial charge < -0.3 is 15.0 Å². The predicted molar refractivity (Wildman–Crippen MR) is 69.1 cm³/mol. The van der Waals surface area contributed by atoms with Gasteiger partial charge in [-0.25, -0.2) is 0 Å². The van der Waals surface area contributed by atoms with Gasteiger partial charge in [0.25, 0.3) is 0 Å². The Hall–Kier alpha value is -1.10. The third-order valence-corrected chi connectivity index (χ3v) is 3.15. The van der Waals surface area contributed by atoms with E-state index in [2.05, 4.69) is 5.32 Å². The smallest absolute Gasteiger partial charge is 0.247 e. The Morgan fingerprint density at radius 3 is 2.72 bits per heavy atom. The maximum absolute atomic E-state index is 12.4. The molecule has 1 heterocycles. The Kier molecular flexibility index (Phi) is 5.14. The molecule has 18 heavy (non-hydrogen) atoms. The largest absolute Gasteiger partial charge is 0.382 e. The molecule has 0 aromatic heterocycles. The summed E-state index contributed by atoms with van der Waals surface area (Å²) in [5.74, 6) is -0.0782. The summed E-state index contributed by atoms with van der Waals surface area (Å²) >= 11 is 0. The molecule has 2 amide bonds. The number of hydrogen-bond donors (Lipinski definition) is 1. The molecule has 1 rings (SSSR count). The van der Waals surface area contributed by atoms with Crippen LogP contribution in [0, 0.1) is 0 Å². The number of nitrogens with one attached hydrogen (secondary N) is 1. The van der Waals surface area contributed by atoms with Crippen LogP contribution < -0.4 is 5.32 Å². The first-order chi connectivity index (χ1) is 8.38. The molecule has 1 aliphatic rings. The Bertz CT molecular complexity index is 315. The van der Waals surface area contributed by atoms with Crippen LogP contribution >= 0.6 is 0 Å². The second-order valence-corrected chi connectivity index (χ2v) is 5.28. The maximum Gasteiger partial charge on any atom is 0.247 e. The van der Waals surface area contributed by atoms with E-state index in [9.17, 15) is 9.59 Å². The van der Waals surface area contributed by atoms with E-state index in [1.165, 1.54) is 0 Å². The molecule has 0 saturated carbocycles. The van der Waals surface area contributed by atoms with Crippen LogP contribution in [0.15, 0.2) is 0 Å². The molecule has 0 aliphatic carbocycles. The van der Waals surface area contributed by atoms with Gasteiger partial charge in [-0.3, -0.25) is 9.59 Å². The van der Waals surface area contributed by atoms with Crippen LogP contribution in [-0.4, -0.2) is 48.1 Å². The van der Waals surface area contributed by atoms with Crippen molar-refractivity contribution in [3.63, 3.8) is 0 Å². The topological polar surface area (TPSA) is 58.6 Å². The summed E-state index contributed by atoms with van der Waals surface area (Å²) in [4.78, 5) is 25.8. The lowest BCUT2D eigenvalue weighted by molar-refractivity contribution is -0.138. The molecular weight excluding hydrogens is 232 g/mol. The maximum atomic E-state index is 12.4. The Morgan fingerprint density at radius 2 is 2.11 bits per heavy atom. The lowest BCUT2D eigenvalue weighted by Crippen LogP contribution is -2.53. The highest BCUT2D eigenvalue weighted by molar-refractivity contribution is 5.93. The average Bonchev–Trinajstić information content (AvgIpc) is 2.32. The van der Waals surface area contributed by atoms with Crippen molar-refractivity contribution in [2.75, 3.05) is 19.8 Å². The molecule has 0 aromatic carbocycles. The van der Waals surface area contributed by atoms with Crippen LogP contribution in [-0.2, 0) is 14.3 Å². The molecule has 1 N–H and O–H groups in total. The standard InChI is InChI=1S/C13H24N2O3/c1-5-18-8-6-7-15-10(2)9-11(16)14-13(3,4)12(15)17/h10H,5-9H2,1-4H3,(H,14,16). The molecule has 1 aliphatic heterocycles. The molecule has 5 heteroatoms. The zero-order chi connectivity index (χ0) is 13.8. The van der Waals surface area contributed by atoms with E-state index in [1.54, 1.807) is 18.7 Å². The van der Waals surface area contributed by atoms with Crippen LogP contribution in [0.5, 0.6) is 0 Å².